The van der Waals surface area contributed by atoms with Gasteiger partial charge in [0.2, 0.25) is 0 Å². The summed E-state index contributed by atoms with van der Waals surface area (Å²) in [6.45, 7) is 4.38. The Bertz CT molecular complexity index is 589. The molecule has 3 heteroatoms. The number of nitrogens with two attached hydrogens (primary N) is 1. The summed E-state index contributed by atoms with van der Waals surface area (Å²) in [4.78, 5) is 7.04. The van der Waals surface area contributed by atoms with Gasteiger partial charge in [-0.2, -0.15) is 0 Å². The second-order valence-corrected chi connectivity index (χ2v) is 5.84. The Morgan fingerprint density at radius 3 is 2.48 bits per heavy atom. The summed E-state index contributed by atoms with van der Waals surface area (Å²) in [7, 11) is 0. The van der Waals surface area contributed by atoms with Crippen molar-refractivity contribution in [3.05, 3.63) is 59.3 Å². The minimum absolute atomic E-state index is 0.103. The van der Waals surface area contributed by atoms with Crippen LogP contribution in [0.15, 0.2) is 42.6 Å². The van der Waals surface area contributed by atoms with E-state index >= 15 is 0 Å². The van der Waals surface area contributed by atoms with Gasteiger partial charge >= 0.3 is 0 Å². The van der Waals surface area contributed by atoms with Gasteiger partial charge in [-0.15, -0.1) is 0 Å². The van der Waals surface area contributed by atoms with E-state index in [0.717, 1.165) is 30.0 Å². The molecule has 1 aromatic carbocycles. The van der Waals surface area contributed by atoms with Gasteiger partial charge in [0.25, 0.3) is 0 Å². The third kappa shape index (κ3) is 3.08. The van der Waals surface area contributed by atoms with Crippen molar-refractivity contribution >= 4 is 5.82 Å². The monoisotopic (exact) mass is 281 g/mol. The lowest BCUT2D eigenvalue weighted by atomic mass is 9.97. The first-order valence-electron chi connectivity index (χ1n) is 7.78. The molecule has 0 amide bonds. The Labute approximate surface area is 126 Å². The molecule has 3 rings (SSSR count). The van der Waals surface area contributed by atoms with Crippen LogP contribution in [0.2, 0.25) is 0 Å². The molecule has 0 aliphatic carbocycles. The molecule has 0 radical (unpaired) electrons. The first-order chi connectivity index (χ1) is 10.3. The molecule has 1 aromatic heterocycles. The molecular weight excluding hydrogens is 258 g/mol. The lowest BCUT2D eigenvalue weighted by molar-refractivity contribution is 0.573. The first-order valence-corrected chi connectivity index (χ1v) is 7.78. The van der Waals surface area contributed by atoms with Crippen molar-refractivity contribution in [3.63, 3.8) is 0 Å². The highest BCUT2D eigenvalue weighted by molar-refractivity contribution is 5.46. The quantitative estimate of drug-likeness (QED) is 0.937. The number of anilines is 1. The average molecular weight is 281 g/mol. The second-order valence-electron chi connectivity index (χ2n) is 5.84. The molecule has 1 atom stereocenters. The normalized spacial score (nSPS) is 16.8. The first kappa shape index (κ1) is 14.1. The second kappa shape index (κ2) is 6.27. The maximum absolute atomic E-state index is 6.39. The van der Waals surface area contributed by atoms with E-state index in [-0.39, 0.29) is 6.04 Å². The van der Waals surface area contributed by atoms with Gasteiger partial charge in [0, 0.05) is 19.3 Å². The van der Waals surface area contributed by atoms with Crippen LogP contribution in [0.1, 0.15) is 42.0 Å². The zero-order valence-electron chi connectivity index (χ0n) is 12.6. The van der Waals surface area contributed by atoms with E-state index in [9.17, 15) is 0 Å². The Morgan fingerprint density at radius 2 is 1.81 bits per heavy atom. The van der Waals surface area contributed by atoms with Crippen molar-refractivity contribution in [3.8, 4) is 0 Å². The van der Waals surface area contributed by atoms with Crippen LogP contribution < -0.4 is 10.6 Å². The number of piperidine rings is 1. The lowest BCUT2D eigenvalue weighted by Crippen LogP contribution is -2.30. The van der Waals surface area contributed by atoms with E-state index in [2.05, 4.69) is 35.0 Å². The highest BCUT2D eigenvalue weighted by atomic mass is 15.2. The van der Waals surface area contributed by atoms with Crippen LogP contribution in [0.5, 0.6) is 0 Å². The van der Waals surface area contributed by atoms with Crippen LogP contribution in [-0.4, -0.2) is 18.1 Å². The topological polar surface area (TPSA) is 42.2 Å². The van der Waals surface area contributed by atoms with Crippen molar-refractivity contribution in [2.24, 2.45) is 5.73 Å². The minimum atomic E-state index is -0.103. The van der Waals surface area contributed by atoms with Gasteiger partial charge in [-0.05, 0) is 48.9 Å². The van der Waals surface area contributed by atoms with Crippen LogP contribution in [0.25, 0.3) is 0 Å². The molecule has 0 saturated carbocycles. The van der Waals surface area contributed by atoms with Gasteiger partial charge < -0.3 is 10.6 Å². The molecule has 1 saturated heterocycles. The number of benzene rings is 1. The third-order valence-electron chi connectivity index (χ3n) is 4.31. The summed E-state index contributed by atoms with van der Waals surface area (Å²) < 4.78 is 0. The van der Waals surface area contributed by atoms with E-state index in [1.807, 2.05) is 24.4 Å². The molecule has 21 heavy (non-hydrogen) atoms. The number of hydrogen-bond donors (Lipinski definition) is 1. The van der Waals surface area contributed by atoms with Crippen molar-refractivity contribution < 1.29 is 0 Å². The van der Waals surface area contributed by atoms with Crippen molar-refractivity contribution in [1.82, 2.24) is 4.98 Å². The van der Waals surface area contributed by atoms with E-state index in [1.54, 1.807) is 0 Å². The Balaban J connectivity index is 1.84. The zero-order chi connectivity index (χ0) is 14.7. The van der Waals surface area contributed by atoms with Crippen LogP contribution in [-0.2, 0) is 0 Å². The number of pyridine rings is 1. The fraction of sp³-hybridized carbons (Fsp3) is 0.389. The van der Waals surface area contributed by atoms with Crippen LogP contribution in [0, 0.1) is 6.92 Å². The number of nitrogens with zero attached hydrogens (tertiary/aromatic N) is 2. The summed E-state index contributed by atoms with van der Waals surface area (Å²) in [5.41, 5.74) is 9.86. The van der Waals surface area contributed by atoms with Gasteiger partial charge in [0.1, 0.15) is 5.82 Å². The zero-order valence-corrected chi connectivity index (χ0v) is 12.6. The SMILES string of the molecule is Cc1cc(N2CCCCC2)ncc1C(N)c1ccccc1. The summed E-state index contributed by atoms with van der Waals surface area (Å²) in [6.07, 6.45) is 5.83. The Morgan fingerprint density at radius 1 is 1.10 bits per heavy atom. The van der Waals surface area contributed by atoms with E-state index in [4.69, 9.17) is 5.73 Å². The highest BCUT2D eigenvalue weighted by Crippen LogP contribution is 2.25. The molecule has 2 heterocycles. The largest absolute Gasteiger partial charge is 0.357 e. The molecule has 1 unspecified atom stereocenters. The number of hydrogen-bond acceptors (Lipinski definition) is 3. The maximum atomic E-state index is 6.39. The summed E-state index contributed by atoms with van der Waals surface area (Å²) in [6, 6.07) is 12.3. The summed E-state index contributed by atoms with van der Waals surface area (Å²) in [5.74, 6) is 1.09. The van der Waals surface area contributed by atoms with E-state index in [1.165, 1.54) is 24.8 Å². The van der Waals surface area contributed by atoms with Crippen molar-refractivity contribution in [1.29, 1.82) is 0 Å². The van der Waals surface area contributed by atoms with Gasteiger partial charge in [-0.1, -0.05) is 30.3 Å². The molecule has 1 fully saturated rings. The Kier molecular flexibility index (Phi) is 4.20. The molecule has 1 aliphatic rings. The predicted molar refractivity (Wildman–Crippen MR) is 87.5 cm³/mol. The molecule has 3 nitrogen and oxygen atoms in total. The predicted octanol–water partition coefficient (Wildman–Crippen LogP) is 3.43. The number of rotatable bonds is 3. The maximum Gasteiger partial charge on any atom is 0.128 e. The number of aromatic nitrogens is 1. The Hall–Kier alpha value is -1.87. The standard InChI is InChI=1S/C18H23N3/c1-14-12-17(21-10-6-3-7-11-21)20-13-16(14)18(19)15-8-4-2-5-9-15/h2,4-5,8-9,12-13,18H,3,6-7,10-11,19H2,1H3. The van der Waals surface area contributed by atoms with Crippen molar-refractivity contribution in [2.75, 3.05) is 18.0 Å². The van der Waals surface area contributed by atoms with E-state index in [0.29, 0.717) is 0 Å². The highest BCUT2D eigenvalue weighted by Gasteiger charge is 2.16. The van der Waals surface area contributed by atoms with Gasteiger partial charge in [-0.3, -0.25) is 0 Å². The molecule has 0 spiro atoms. The van der Waals surface area contributed by atoms with E-state index < -0.39 is 0 Å². The van der Waals surface area contributed by atoms with Gasteiger partial charge in [-0.25, -0.2) is 4.98 Å². The molecule has 110 valence electrons. The average Bonchev–Trinajstić information content (AvgIpc) is 2.56. The smallest absolute Gasteiger partial charge is 0.128 e. The summed E-state index contributed by atoms with van der Waals surface area (Å²) in [5, 5.41) is 0. The molecular formula is C18H23N3. The lowest BCUT2D eigenvalue weighted by Gasteiger charge is -2.28. The molecule has 0 bridgehead atoms. The van der Waals surface area contributed by atoms with Crippen LogP contribution in [0.3, 0.4) is 0 Å². The third-order valence-corrected chi connectivity index (χ3v) is 4.31. The van der Waals surface area contributed by atoms with Gasteiger partial charge in [0.15, 0.2) is 0 Å². The van der Waals surface area contributed by atoms with Crippen LogP contribution in [0.4, 0.5) is 5.82 Å². The minimum Gasteiger partial charge on any atom is -0.357 e. The van der Waals surface area contributed by atoms with Crippen LogP contribution >= 0.6 is 0 Å². The molecule has 1 aliphatic heterocycles. The van der Waals surface area contributed by atoms with Crippen molar-refractivity contribution in [2.45, 2.75) is 32.2 Å². The fourth-order valence-corrected chi connectivity index (χ4v) is 3.01. The number of aryl methyl sites for hydroxylation is 1. The van der Waals surface area contributed by atoms with Gasteiger partial charge in [0.05, 0.1) is 6.04 Å². The fourth-order valence-electron chi connectivity index (χ4n) is 3.01. The summed E-state index contributed by atoms with van der Waals surface area (Å²) >= 11 is 0. The molecule has 2 aromatic rings. The molecule has 2 N–H and O–H groups in total.